The first-order chi connectivity index (χ1) is 9.01. The van der Waals surface area contributed by atoms with E-state index in [1.165, 1.54) is 11.1 Å². The van der Waals surface area contributed by atoms with Crippen molar-refractivity contribution in [2.75, 3.05) is 13.7 Å². The number of likely N-dealkylation sites (N-methyl/N-ethyl adjacent to an activating group) is 1. The normalized spacial score (nSPS) is 14.9. The molecule has 108 valence electrons. The highest BCUT2D eigenvalue weighted by molar-refractivity contribution is 5.27. The molecule has 0 aliphatic carbocycles. The summed E-state index contributed by atoms with van der Waals surface area (Å²) in [5, 5.41) is 3.55. The SMILES string of the molecule is CCNC(c1ccc(C(C)C)cc1)C(OC)C(C)C. The molecule has 2 unspecified atom stereocenters. The van der Waals surface area contributed by atoms with E-state index in [9.17, 15) is 0 Å². The Bertz CT molecular complexity index is 356. The van der Waals surface area contributed by atoms with E-state index in [2.05, 4.69) is 64.2 Å². The number of rotatable bonds is 7. The van der Waals surface area contributed by atoms with Crippen molar-refractivity contribution in [1.82, 2.24) is 5.32 Å². The molecular formula is C17H29NO. The van der Waals surface area contributed by atoms with Gasteiger partial charge in [0.05, 0.1) is 12.1 Å². The van der Waals surface area contributed by atoms with E-state index >= 15 is 0 Å². The smallest absolute Gasteiger partial charge is 0.0788 e. The van der Waals surface area contributed by atoms with Crippen LogP contribution in [0, 0.1) is 5.92 Å². The Labute approximate surface area is 118 Å². The zero-order valence-corrected chi connectivity index (χ0v) is 13.2. The van der Waals surface area contributed by atoms with Crippen LogP contribution in [0.2, 0.25) is 0 Å². The predicted octanol–water partition coefficient (Wildman–Crippen LogP) is 4.13. The number of benzene rings is 1. The molecule has 0 aromatic heterocycles. The maximum absolute atomic E-state index is 5.70. The van der Waals surface area contributed by atoms with Gasteiger partial charge in [-0.15, -0.1) is 0 Å². The second-order valence-electron chi connectivity index (χ2n) is 5.80. The van der Waals surface area contributed by atoms with Gasteiger partial charge >= 0.3 is 0 Å². The van der Waals surface area contributed by atoms with Gasteiger partial charge in [0.25, 0.3) is 0 Å². The molecule has 1 rings (SSSR count). The fourth-order valence-electron chi connectivity index (χ4n) is 2.52. The van der Waals surface area contributed by atoms with Gasteiger partial charge in [0.15, 0.2) is 0 Å². The average Bonchev–Trinajstić information content (AvgIpc) is 2.38. The number of methoxy groups -OCH3 is 1. The highest BCUT2D eigenvalue weighted by Gasteiger charge is 2.25. The van der Waals surface area contributed by atoms with E-state index < -0.39 is 0 Å². The van der Waals surface area contributed by atoms with Crippen LogP contribution in [0.4, 0.5) is 0 Å². The van der Waals surface area contributed by atoms with Crippen molar-refractivity contribution in [3.05, 3.63) is 35.4 Å². The second kappa shape index (κ2) is 7.66. The molecule has 1 aromatic carbocycles. The molecule has 0 saturated heterocycles. The number of ether oxygens (including phenoxy) is 1. The quantitative estimate of drug-likeness (QED) is 0.798. The van der Waals surface area contributed by atoms with Crippen molar-refractivity contribution in [3.8, 4) is 0 Å². The van der Waals surface area contributed by atoms with Crippen LogP contribution < -0.4 is 5.32 Å². The van der Waals surface area contributed by atoms with E-state index in [1.807, 2.05) is 0 Å². The molecule has 0 bridgehead atoms. The second-order valence-corrected chi connectivity index (χ2v) is 5.80. The Morgan fingerprint density at radius 1 is 1.00 bits per heavy atom. The molecule has 0 saturated carbocycles. The lowest BCUT2D eigenvalue weighted by molar-refractivity contribution is 0.0331. The van der Waals surface area contributed by atoms with Crippen molar-refractivity contribution in [3.63, 3.8) is 0 Å². The van der Waals surface area contributed by atoms with Crippen molar-refractivity contribution in [2.24, 2.45) is 5.92 Å². The molecule has 2 atom stereocenters. The summed E-state index contributed by atoms with van der Waals surface area (Å²) in [6, 6.07) is 9.19. The summed E-state index contributed by atoms with van der Waals surface area (Å²) in [5.41, 5.74) is 2.70. The predicted molar refractivity (Wildman–Crippen MR) is 82.6 cm³/mol. The molecule has 1 N–H and O–H groups in total. The molecule has 2 nitrogen and oxygen atoms in total. The number of nitrogens with one attached hydrogen (secondary N) is 1. The zero-order valence-electron chi connectivity index (χ0n) is 13.2. The van der Waals surface area contributed by atoms with Gasteiger partial charge < -0.3 is 10.1 Å². The molecule has 1 aromatic rings. The van der Waals surface area contributed by atoms with Crippen LogP contribution >= 0.6 is 0 Å². The summed E-state index contributed by atoms with van der Waals surface area (Å²) in [5.74, 6) is 1.06. The Hall–Kier alpha value is -0.860. The molecule has 0 heterocycles. The summed E-state index contributed by atoms with van der Waals surface area (Å²) in [6.07, 6.45) is 0.199. The lowest BCUT2D eigenvalue weighted by Crippen LogP contribution is -2.36. The first-order valence-electron chi connectivity index (χ1n) is 7.37. The molecular weight excluding hydrogens is 234 g/mol. The van der Waals surface area contributed by atoms with Gasteiger partial charge in [0.1, 0.15) is 0 Å². The van der Waals surface area contributed by atoms with Crippen LogP contribution in [-0.2, 0) is 4.74 Å². The van der Waals surface area contributed by atoms with Crippen LogP contribution in [0.25, 0.3) is 0 Å². The third kappa shape index (κ3) is 4.32. The third-order valence-corrected chi connectivity index (χ3v) is 3.64. The van der Waals surface area contributed by atoms with E-state index in [4.69, 9.17) is 4.74 Å². The van der Waals surface area contributed by atoms with Crippen molar-refractivity contribution in [2.45, 2.75) is 52.7 Å². The molecule has 0 spiro atoms. The first kappa shape index (κ1) is 16.2. The van der Waals surface area contributed by atoms with Crippen LogP contribution in [0.15, 0.2) is 24.3 Å². The monoisotopic (exact) mass is 263 g/mol. The van der Waals surface area contributed by atoms with E-state index in [-0.39, 0.29) is 12.1 Å². The van der Waals surface area contributed by atoms with Crippen molar-refractivity contribution < 1.29 is 4.74 Å². The minimum absolute atomic E-state index is 0.199. The summed E-state index contributed by atoms with van der Waals surface area (Å²) in [6.45, 7) is 12.0. The number of hydrogen-bond acceptors (Lipinski definition) is 2. The molecule has 2 heteroatoms. The molecule has 0 aliphatic rings. The van der Waals surface area contributed by atoms with Crippen molar-refractivity contribution >= 4 is 0 Å². The van der Waals surface area contributed by atoms with Crippen LogP contribution in [-0.4, -0.2) is 19.8 Å². The zero-order chi connectivity index (χ0) is 14.4. The average molecular weight is 263 g/mol. The minimum Gasteiger partial charge on any atom is -0.379 e. The molecule has 0 radical (unpaired) electrons. The Kier molecular flexibility index (Phi) is 6.53. The molecule has 19 heavy (non-hydrogen) atoms. The van der Waals surface area contributed by atoms with Gasteiger partial charge in [-0.2, -0.15) is 0 Å². The highest BCUT2D eigenvalue weighted by atomic mass is 16.5. The third-order valence-electron chi connectivity index (χ3n) is 3.64. The Morgan fingerprint density at radius 2 is 1.53 bits per heavy atom. The van der Waals surface area contributed by atoms with E-state index in [1.54, 1.807) is 7.11 Å². The van der Waals surface area contributed by atoms with Crippen molar-refractivity contribution in [1.29, 1.82) is 0 Å². The van der Waals surface area contributed by atoms with Gasteiger partial charge in [-0.1, -0.05) is 58.9 Å². The van der Waals surface area contributed by atoms with Gasteiger partial charge in [-0.25, -0.2) is 0 Å². The fraction of sp³-hybridized carbons (Fsp3) is 0.647. The van der Waals surface area contributed by atoms with Crippen LogP contribution in [0.3, 0.4) is 0 Å². The van der Waals surface area contributed by atoms with Gasteiger partial charge in [0, 0.05) is 7.11 Å². The Morgan fingerprint density at radius 3 is 1.89 bits per heavy atom. The lowest BCUT2D eigenvalue weighted by atomic mass is 9.91. The largest absolute Gasteiger partial charge is 0.379 e. The van der Waals surface area contributed by atoms with Crippen LogP contribution in [0.1, 0.15) is 57.7 Å². The molecule has 0 fully saturated rings. The standard InChI is InChI=1S/C17H29NO/c1-7-18-16(17(19-6)13(4)5)15-10-8-14(9-11-15)12(2)3/h8-13,16-18H,7H2,1-6H3. The number of hydrogen-bond donors (Lipinski definition) is 1. The Balaban J connectivity index is 2.97. The summed E-state index contributed by atoms with van der Waals surface area (Å²) in [7, 11) is 1.80. The summed E-state index contributed by atoms with van der Waals surface area (Å²) < 4.78 is 5.70. The summed E-state index contributed by atoms with van der Waals surface area (Å²) in [4.78, 5) is 0. The van der Waals surface area contributed by atoms with E-state index in [0.717, 1.165) is 6.54 Å². The maximum atomic E-state index is 5.70. The van der Waals surface area contributed by atoms with E-state index in [0.29, 0.717) is 11.8 Å². The molecule has 0 amide bonds. The van der Waals surface area contributed by atoms with Gasteiger partial charge in [-0.3, -0.25) is 0 Å². The van der Waals surface area contributed by atoms with Gasteiger partial charge in [0.2, 0.25) is 0 Å². The topological polar surface area (TPSA) is 21.3 Å². The van der Waals surface area contributed by atoms with Crippen LogP contribution in [0.5, 0.6) is 0 Å². The maximum Gasteiger partial charge on any atom is 0.0788 e. The fourth-order valence-corrected chi connectivity index (χ4v) is 2.52. The van der Waals surface area contributed by atoms with Gasteiger partial charge in [-0.05, 0) is 29.5 Å². The summed E-state index contributed by atoms with van der Waals surface area (Å²) >= 11 is 0. The minimum atomic E-state index is 0.199. The first-order valence-corrected chi connectivity index (χ1v) is 7.37. The highest BCUT2D eigenvalue weighted by Crippen LogP contribution is 2.26. The molecule has 0 aliphatic heterocycles. The lowest BCUT2D eigenvalue weighted by Gasteiger charge is -2.30.